The van der Waals surface area contributed by atoms with Gasteiger partial charge in [0.1, 0.15) is 22.3 Å². The zero-order chi connectivity index (χ0) is 36.3. The minimum absolute atomic E-state index is 0.886. The second kappa shape index (κ2) is 12.6. The van der Waals surface area contributed by atoms with E-state index in [9.17, 15) is 0 Å². The van der Waals surface area contributed by atoms with E-state index in [4.69, 9.17) is 8.83 Å². The van der Waals surface area contributed by atoms with Gasteiger partial charge in [-0.25, -0.2) is 0 Å². The van der Waals surface area contributed by atoms with Crippen LogP contribution in [0.4, 0.5) is 17.1 Å². The monoisotopic (exact) mass is 703 g/mol. The van der Waals surface area contributed by atoms with Gasteiger partial charge in [-0.2, -0.15) is 0 Å². The first-order valence-corrected chi connectivity index (χ1v) is 18.7. The van der Waals surface area contributed by atoms with Crippen LogP contribution in [0, 0.1) is 0 Å². The molecule has 0 aliphatic heterocycles. The van der Waals surface area contributed by atoms with Gasteiger partial charge in [0.05, 0.1) is 5.69 Å². The fourth-order valence-electron chi connectivity index (χ4n) is 8.29. The molecule has 3 nitrogen and oxygen atoms in total. The van der Waals surface area contributed by atoms with Crippen LogP contribution in [0.25, 0.3) is 88.0 Å². The molecule has 0 unspecified atom stereocenters. The highest BCUT2D eigenvalue weighted by Gasteiger charge is 2.20. The molecule has 3 heteroatoms. The van der Waals surface area contributed by atoms with E-state index >= 15 is 0 Å². The van der Waals surface area contributed by atoms with Gasteiger partial charge in [-0.1, -0.05) is 146 Å². The molecule has 0 saturated heterocycles. The van der Waals surface area contributed by atoms with E-state index < -0.39 is 0 Å². The molecule has 2 aromatic heterocycles. The quantitative estimate of drug-likeness (QED) is 0.173. The van der Waals surface area contributed by atoms with E-state index in [2.05, 4.69) is 181 Å². The summed E-state index contributed by atoms with van der Waals surface area (Å²) in [5.74, 6) is 0. The lowest BCUT2D eigenvalue weighted by molar-refractivity contribution is 0.669. The third kappa shape index (κ3) is 5.20. The largest absolute Gasteiger partial charge is 0.456 e. The van der Waals surface area contributed by atoms with Crippen molar-refractivity contribution in [1.29, 1.82) is 0 Å². The Morgan fingerprint density at radius 3 is 1.76 bits per heavy atom. The Morgan fingerprint density at radius 2 is 0.891 bits per heavy atom. The number of furan rings is 2. The van der Waals surface area contributed by atoms with Crippen LogP contribution in [-0.4, -0.2) is 0 Å². The molecule has 0 aliphatic rings. The predicted octanol–water partition coefficient (Wildman–Crippen LogP) is 15.1. The van der Waals surface area contributed by atoms with Gasteiger partial charge in [0.15, 0.2) is 0 Å². The summed E-state index contributed by atoms with van der Waals surface area (Å²) in [5.41, 5.74) is 13.6. The van der Waals surface area contributed by atoms with E-state index in [0.717, 1.165) is 88.8 Å². The average Bonchev–Trinajstić information content (AvgIpc) is 3.82. The van der Waals surface area contributed by atoms with Crippen LogP contribution in [0.3, 0.4) is 0 Å². The Bertz CT molecular complexity index is 3220. The average molecular weight is 704 g/mol. The summed E-state index contributed by atoms with van der Waals surface area (Å²) in [4.78, 5) is 2.38. The van der Waals surface area contributed by atoms with Gasteiger partial charge in [-0.05, 0) is 87.6 Å². The van der Waals surface area contributed by atoms with Crippen molar-refractivity contribution in [3.05, 3.63) is 200 Å². The maximum absolute atomic E-state index is 6.44. The number of anilines is 3. The molecule has 0 N–H and O–H groups in total. The van der Waals surface area contributed by atoms with Crippen molar-refractivity contribution in [3.63, 3.8) is 0 Å². The fourth-order valence-corrected chi connectivity index (χ4v) is 8.29. The summed E-state index contributed by atoms with van der Waals surface area (Å²) >= 11 is 0. The first-order valence-electron chi connectivity index (χ1n) is 18.7. The van der Waals surface area contributed by atoms with E-state index in [-0.39, 0.29) is 0 Å². The molecule has 258 valence electrons. The zero-order valence-corrected chi connectivity index (χ0v) is 29.8. The summed E-state index contributed by atoms with van der Waals surface area (Å²) in [6.45, 7) is 0. The van der Waals surface area contributed by atoms with E-state index in [1.54, 1.807) is 0 Å². The summed E-state index contributed by atoms with van der Waals surface area (Å²) < 4.78 is 12.7. The summed E-state index contributed by atoms with van der Waals surface area (Å²) in [5, 5.41) is 6.94. The number of benzene rings is 9. The number of hydrogen-bond donors (Lipinski definition) is 0. The number of nitrogens with zero attached hydrogens (tertiary/aromatic N) is 1. The Kier molecular flexibility index (Phi) is 7.17. The van der Waals surface area contributed by atoms with Crippen LogP contribution in [0.1, 0.15) is 0 Å². The lowest BCUT2D eigenvalue weighted by Gasteiger charge is -2.28. The van der Waals surface area contributed by atoms with Crippen molar-refractivity contribution >= 4 is 71.7 Å². The maximum Gasteiger partial charge on any atom is 0.143 e. The molecular weight excluding hydrogens is 671 g/mol. The van der Waals surface area contributed by atoms with Gasteiger partial charge < -0.3 is 13.7 Å². The molecule has 0 aliphatic carbocycles. The van der Waals surface area contributed by atoms with Gasteiger partial charge >= 0.3 is 0 Å². The molecule has 0 bridgehead atoms. The minimum atomic E-state index is 0.886. The smallest absolute Gasteiger partial charge is 0.143 e. The second-order valence-corrected chi connectivity index (χ2v) is 14.1. The van der Waals surface area contributed by atoms with Crippen LogP contribution in [0.2, 0.25) is 0 Å². The van der Waals surface area contributed by atoms with Gasteiger partial charge in [-0.15, -0.1) is 0 Å². The molecule has 0 amide bonds. The van der Waals surface area contributed by atoms with Crippen LogP contribution in [-0.2, 0) is 0 Å². The first-order chi connectivity index (χ1) is 27.3. The molecule has 55 heavy (non-hydrogen) atoms. The number of fused-ring (bicyclic) bond motifs is 7. The minimum Gasteiger partial charge on any atom is -0.456 e. The number of hydrogen-bond acceptors (Lipinski definition) is 3. The lowest BCUT2D eigenvalue weighted by Crippen LogP contribution is -2.11. The molecule has 0 radical (unpaired) electrons. The van der Waals surface area contributed by atoms with Crippen molar-refractivity contribution < 1.29 is 8.83 Å². The highest BCUT2D eigenvalue weighted by Crippen LogP contribution is 2.44. The van der Waals surface area contributed by atoms with E-state index in [1.807, 2.05) is 24.3 Å². The van der Waals surface area contributed by atoms with Crippen molar-refractivity contribution in [3.8, 4) is 33.4 Å². The molecule has 11 aromatic rings. The Hall–Kier alpha value is -7.36. The third-order valence-corrected chi connectivity index (χ3v) is 10.9. The summed E-state index contributed by atoms with van der Waals surface area (Å²) in [6.07, 6.45) is 0. The normalized spacial score (nSPS) is 11.6. The van der Waals surface area contributed by atoms with Crippen molar-refractivity contribution in [1.82, 2.24) is 0 Å². The first kappa shape index (κ1) is 31.2. The summed E-state index contributed by atoms with van der Waals surface area (Å²) in [7, 11) is 0. The molecule has 0 saturated carbocycles. The van der Waals surface area contributed by atoms with E-state index in [1.165, 1.54) is 16.3 Å². The molecule has 11 rings (SSSR count). The Morgan fingerprint density at radius 1 is 0.309 bits per heavy atom. The maximum atomic E-state index is 6.44. The third-order valence-electron chi connectivity index (χ3n) is 10.9. The van der Waals surface area contributed by atoms with E-state index in [0.29, 0.717) is 0 Å². The van der Waals surface area contributed by atoms with Crippen LogP contribution in [0.15, 0.2) is 209 Å². The lowest BCUT2D eigenvalue weighted by atomic mass is 9.96. The van der Waals surface area contributed by atoms with Gasteiger partial charge in [0, 0.05) is 44.0 Å². The highest BCUT2D eigenvalue weighted by atomic mass is 16.3. The van der Waals surface area contributed by atoms with Gasteiger partial charge in [0.2, 0.25) is 0 Å². The van der Waals surface area contributed by atoms with Crippen molar-refractivity contribution in [2.45, 2.75) is 0 Å². The predicted molar refractivity (Wildman–Crippen MR) is 229 cm³/mol. The van der Waals surface area contributed by atoms with Gasteiger partial charge in [0.25, 0.3) is 0 Å². The highest BCUT2D eigenvalue weighted by molar-refractivity contribution is 6.10. The molecule has 0 spiro atoms. The second-order valence-electron chi connectivity index (χ2n) is 14.1. The fraction of sp³-hybridized carbons (Fsp3) is 0. The number of para-hydroxylation sites is 4. The van der Waals surface area contributed by atoms with Crippen molar-refractivity contribution in [2.75, 3.05) is 4.90 Å². The molecular formula is C52H33NO2. The van der Waals surface area contributed by atoms with Crippen LogP contribution < -0.4 is 4.90 Å². The topological polar surface area (TPSA) is 29.5 Å². The standard InChI is InChI=1S/C52H33NO2/c1-2-16-40-34(12-1)13-10-20-41(40)36-14-9-15-39(32-36)53(38-29-26-35(27-30-38)43-21-11-22-46-44-18-4-8-25-50(44)55-52(43)46)48-23-6-3-17-42(48)37-28-31-51-47(33-37)45-19-5-7-24-49(45)54-51/h1-33H. The van der Waals surface area contributed by atoms with Crippen molar-refractivity contribution in [2.24, 2.45) is 0 Å². The van der Waals surface area contributed by atoms with Crippen LogP contribution in [0.5, 0.6) is 0 Å². The molecule has 9 aromatic carbocycles. The summed E-state index contributed by atoms with van der Waals surface area (Å²) in [6, 6.07) is 71.1. The Balaban J connectivity index is 1.09. The number of rotatable bonds is 6. The van der Waals surface area contributed by atoms with Crippen LogP contribution >= 0.6 is 0 Å². The molecule has 0 atom stereocenters. The molecule has 2 heterocycles. The zero-order valence-electron chi connectivity index (χ0n) is 29.8. The Labute approximate surface area is 317 Å². The molecule has 0 fully saturated rings. The SMILES string of the molecule is c1cc(-c2cccc3ccccc23)cc(N(c2ccc(-c3cccc4c3oc3ccccc34)cc2)c2ccccc2-c2ccc3oc4ccccc4c3c2)c1. The van der Waals surface area contributed by atoms with Gasteiger partial charge in [-0.3, -0.25) is 0 Å².